The van der Waals surface area contributed by atoms with E-state index in [-0.39, 0.29) is 16.6 Å². The summed E-state index contributed by atoms with van der Waals surface area (Å²) < 4.78 is 0. The van der Waals surface area contributed by atoms with Gasteiger partial charge >= 0.3 is 0 Å². The summed E-state index contributed by atoms with van der Waals surface area (Å²) in [6.07, 6.45) is 0. The maximum atomic E-state index is 12.4. The lowest BCUT2D eigenvalue weighted by molar-refractivity contribution is -0.384. The first-order valence-corrected chi connectivity index (χ1v) is 10.9. The number of carbonyl (C=O) groups excluding carboxylic acids is 1. The molecule has 1 N–H and O–H groups in total. The Kier molecular flexibility index (Phi) is 7.55. The molecule has 0 fully saturated rings. The van der Waals surface area contributed by atoms with Gasteiger partial charge in [-0.15, -0.1) is 0 Å². The minimum absolute atomic E-state index is 0.0398. The third kappa shape index (κ3) is 6.12. The van der Waals surface area contributed by atoms with Crippen molar-refractivity contribution in [1.82, 2.24) is 15.4 Å². The zero-order chi connectivity index (χ0) is 23.3. The molecule has 0 spiro atoms. The third-order valence-electron chi connectivity index (χ3n) is 4.43. The number of rotatable bonds is 7. The van der Waals surface area contributed by atoms with Gasteiger partial charge in [-0.1, -0.05) is 41.6 Å². The Balaban J connectivity index is 1.62. The Morgan fingerprint density at radius 2 is 1.72 bits per heavy atom. The van der Waals surface area contributed by atoms with E-state index in [2.05, 4.69) is 20.5 Å². The van der Waals surface area contributed by atoms with Gasteiger partial charge in [0.1, 0.15) is 5.02 Å². The molecule has 0 saturated carbocycles. The molecule has 0 aliphatic rings. The highest BCUT2D eigenvalue weighted by atomic mass is 35.5. The van der Waals surface area contributed by atoms with Crippen LogP contribution in [-0.4, -0.2) is 26.5 Å². The molecule has 1 heterocycles. The molecule has 32 heavy (non-hydrogen) atoms. The fourth-order valence-electron chi connectivity index (χ4n) is 2.80. The van der Waals surface area contributed by atoms with Crippen molar-refractivity contribution >= 4 is 40.7 Å². The average Bonchev–Trinajstić information content (AvgIpc) is 2.75. The van der Waals surface area contributed by atoms with Crippen LogP contribution in [0.2, 0.25) is 5.02 Å². The number of thioether (sulfide) groups is 1. The van der Waals surface area contributed by atoms with Crippen LogP contribution in [0, 0.1) is 24.0 Å². The highest BCUT2D eigenvalue weighted by Crippen LogP contribution is 2.25. The Morgan fingerprint density at radius 1 is 1.09 bits per heavy atom. The minimum Gasteiger partial charge on any atom is -0.267 e. The molecule has 0 unspecified atom stereocenters. The van der Waals surface area contributed by atoms with Gasteiger partial charge in [-0.05, 0) is 50.6 Å². The van der Waals surface area contributed by atoms with Crippen molar-refractivity contribution in [3.63, 3.8) is 0 Å². The van der Waals surface area contributed by atoms with Gasteiger partial charge in [0, 0.05) is 34.3 Å². The van der Waals surface area contributed by atoms with Gasteiger partial charge in [-0.2, -0.15) is 5.10 Å². The first kappa shape index (κ1) is 23.4. The lowest BCUT2D eigenvalue weighted by Gasteiger charge is -2.06. The highest BCUT2D eigenvalue weighted by Gasteiger charge is 2.14. The van der Waals surface area contributed by atoms with Crippen LogP contribution < -0.4 is 5.43 Å². The van der Waals surface area contributed by atoms with Crippen LogP contribution in [0.5, 0.6) is 0 Å². The topological polar surface area (TPSA) is 110 Å². The molecule has 164 valence electrons. The molecule has 10 heteroatoms. The van der Waals surface area contributed by atoms with E-state index in [4.69, 9.17) is 11.6 Å². The molecule has 0 atom stereocenters. The molecular formula is C22H20ClN5O3S. The highest BCUT2D eigenvalue weighted by molar-refractivity contribution is 7.98. The summed E-state index contributed by atoms with van der Waals surface area (Å²) in [6.45, 7) is 5.51. The zero-order valence-electron chi connectivity index (χ0n) is 17.6. The summed E-state index contributed by atoms with van der Waals surface area (Å²) in [5.41, 5.74) is 6.49. The van der Waals surface area contributed by atoms with Crippen LogP contribution >= 0.6 is 23.4 Å². The van der Waals surface area contributed by atoms with Crippen LogP contribution in [0.25, 0.3) is 0 Å². The number of amides is 1. The molecule has 1 aromatic heterocycles. The summed E-state index contributed by atoms with van der Waals surface area (Å²) in [7, 11) is 0. The second-order valence-electron chi connectivity index (χ2n) is 6.98. The summed E-state index contributed by atoms with van der Waals surface area (Å²) in [4.78, 5) is 31.7. The van der Waals surface area contributed by atoms with Crippen LogP contribution in [0.3, 0.4) is 0 Å². The summed E-state index contributed by atoms with van der Waals surface area (Å²) in [6, 6.07) is 13.4. The van der Waals surface area contributed by atoms with E-state index in [0.717, 1.165) is 22.1 Å². The number of nitro groups is 1. The molecule has 1 amide bonds. The van der Waals surface area contributed by atoms with Crippen LogP contribution in [0.4, 0.5) is 5.69 Å². The van der Waals surface area contributed by atoms with Gasteiger partial charge in [0.25, 0.3) is 11.6 Å². The SMILES string of the molecule is C/C(=N/NC(=O)c1ccc(CSc2nc(C)cc(C)n2)cc1)c1ccc(Cl)c([N+](=O)[O-])c1. The van der Waals surface area contributed by atoms with Crippen molar-refractivity contribution in [2.75, 3.05) is 0 Å². The normalized spacial score (nSPS) is 11.3. The van der Waals surface area contributed by atoms with E-state index in [1.807, 2.05) is 32.0 Å². The standard InChI is InChI=1S/C22H20ClN5O3S/c1-13-10-14(2)25-22(24-13)32-12-16-4-6-17(7-5-16)21(29)27-26-15(3)18-8-9-19(23)20(11-18)28(30)31/h4-11H,12H2,1-3H3,(H,27,29)/b26-15-. The lowest BCUT2D eigenvalue weighted by Crippen LogP contribution is -2.19. The predicted octanol–water partition coefficient (Wildman–Crippen LogP) is 5.10. The van der Waals surface area contributed by atoms with Gasteiger partial charge in [-0.3, -0.25) is 14.9 Å². The number of hydrogen-bond acceptors (Lipinski definition) is 7. The van der Waals surface area contributed by atoms with Crippen molar-refractivity contribution in [3.05, 3.63) is 91.7 Å². The average molecular weight is 470 g/mol. The molecule has 0 radical (unpaired) electrons. The number of nitrogens with one attached hydrogen (secondary N) is 1. The van der Waals surface area contributed by atoms with E-state index in [1.54, 1.807) is 25.1 Å². The number of hydrazone groups is 1. The molecular weight excluding hydrogens is 450 g/mol. The molecule has 0 aliphatic carbocycles. The molecule has 0 aliphatic heterocycles. The number of carbonyl (C=O) groups is 1. The van der Waals surface area contributed by atoms with Crippen molar-refractivity contribution in [1.29, 1.82) is 0 Å². The summed E-state index contributed by atoms with van der Waals surface area (Å²) in [5.74, 6) is 0.293. The molecule has 0 saturated heterocycles. The van der Waals surface area contributed by atoms with Crippen LogP contribution in [-0.2, 0) is 5.75 Å². The van der Waals surface area contributed by atoms with Crippen molar-refractivity contribution in [2.24, 2.45) is 5.10 Å². The Labute approximate surface area is 194 Å². The second-order valence-corrected chi connectivity index (χ2v) is 8.33. The van der Waals surface area contributed by atoms with E-state index < -0.39 is 4.92 Å². The number of halogens is 1. The van der Waals surface area contributed by atoms with Crippen LogP contribution in [0.15, 0.2) is 58.8 Å². The first-order chi connectivity index (χ1) is 15.2. The minimum atomic E-state index is -0.566. The summed E-state index contributed by atoms with van der Waals surface area (Å²) >= 11 is 7.36. The number of nitrogens with zero attached hydrogens (tertiary/aromatic N) is 4. The van der Waals surface area contributed by atoms with E-state index in [1.165, 1.54) is 23.9 Å². The maximum Gasteiger partial charge on any atom is 0.288 e. The zero-order valence-corrected chi connectivity index (χ0v) is 19.2. The Morgan fingerprint density at radius 3 is 2.34 bits per heavy atom. The number of benzene rings is 2. The van der Waals surface area contributed by atoms with Gasteiger partial charge in [0.05, 0.1) is 10.6 Å². The van der Waals surface area contributed by atoms with Gasteiger partial charge in [0.2, 0.25) is 0 Å². The number of nitro benzene ring substituents is 1. The van der Waals surface area contributed by atoms with E-state index in [0.29, 0.717) is 22.6 Å². The predicted molar refractivity (Wildman–Crippen MR) is 125 cm³/mol. The molecule has 0 bridgehead atoms. The maximum absolute atomic E-state index is 12.4. The Bertz CT molecular complexity index is 1180. The summed E-state index contributed by atoms with van der Waals surface area (Å²) in [5, 5.41) is 15.8. The monoisotopic (exact) mass is 469 g/mol. The lowest BCUT2D eigenvalue weighted by atomic mass is 10.1. The van der Waals surface area contributed by atoms with Crippen molar-refractivity contribution in [3.8, 4) is 0 Å². The van der Waals surface area contributed by atoms with Crippen molar-refractivity contribution in [2.45, 2.75) is 31.7 Å². The smallest absolute Gasteiger partial charge is 0.267 e. The van der Waals surface area contributed by atoms with Gasteiger partial charge in [0.15, 0.2) is 5.16 Å². The third-order valence-corrected chi connectivity index (χ3v) is 5.67. The fraction of sp³-hybridized carbons (Fsp3) is 0.182. The number of aromatic nitrogens is 2. The Hall–Kier alpha value is -3.30. The number of hydrogen-bond donors (Lipinski definition) is 1. The molecule has 8 nitrogen and oxygen atoms in total. The first-order valence-electron chi connectivity index (χ1n) is 9.56. The van der Waals surface area contributed by atoms with Gasteiger partial charge < -0.3 is 0 Å². The largest absolute Gasteiger partial charge is 0.288 e. The number of aryl methyl sites for hydroxylation is 2. The van der Waals surface area contributed by atoms with E-state index >= 15 is 0 Å². The second kappa shape index (κ2) is 10.3. The quantitative estimate of drug-likeness (QED) is 0.169. The molecule has 3 rings (SSSR count). The molecule has 2 aromatic carbocycles. The van der Waals surface area contributed by atoms with Crippen molar-refractivity contribution < 1.29 is 9.72 Å². The molecule has 3 aromatic rings. The fourth-order valence-corrected chi connectivity index (χ4v) is 3.89. The van der Waals surface area contributed by atoms with E-state index in [9.17, 15) is 14.9 Å². The van der Waals surface area contributed by atoms with Crippen LogP contribution in [0.1, 0.15) is 39.8 Å². The van der Waals surface area contributed by atoms with Gasteiger partial charge in [-0.25, -0.2) is 15.4 Å².